The van der Waals surface area contributed by atoms with E-state index in [-0.39, 0.29) is 24.8 Å². The van der Waals surface area contributed by atoms with Crippen molar-refractivity contribution in [3.63, 3.8) is 0 Å². The molecule has 9 N–H and O–H groups in total. The number of aliphatic hydroxyl groups is 5. The van der Waals surface area contributed by atoms with Crippen LogP contribution >= 0.6 is 21.6 Å². The summed E-state index contributed by atoms with van der Waals surface area (Å²) in [6.45, 7) is -0.707. The average Bonchev–Trinajstić information content (AvgIpc) is 3.73. The molecule has 40 heavy (non-hydrogen) atoms. The van der Waals surface area contributed by atoms with Crippen molar-refractivity contribution in [3.05, 3.63) is 25.3 Å². The van der Waals surface area contributed by atoms with E-state index < -0.39 is 47.4 Å². The molecule has 0 saturated carbocycles. The molecule has 6 rings (SSSR count). The van der Waals surface area contributed by atoms with Crippen molar-refractivity contribution < 1.29 is 35.0 Å². The van der Waals surface area contributed by atoms with Gasteiger partial charge in [0, 0.05) is 7.11 Å². The maximum Gasteiger partial charge on any atom is 0.167 e. The summed E-state index contributed by atoms with van der Waals surface area (Å²) >= 11 is 0. The van der Waals surface area contributed by atoms with Gasteiger partial charge in [-0.05, 0) is 0 Å². The molecule has 19 heteroatoms. The molecule has 2 aliphatic heterocycles. The maximum atomic E-state index is 11.2. The first-order valence-corrected chi connectivity index (χ1v) is 14.2. The van der Waals surface area contributed by atoms with Gasteiger partial charge in [0.2, 0.25) is 0 Å². The summed E-state index contributed by atoms with van der Waals surface area (Å²) < 4.78 is 15.0. The number of aliphatic hydroxyl groups excluding tert-OH is 5. The molecule has 17 nitrogen and oxygen atoms in total. The van der Waals surface area contributed by atoms with E-state index in [1.807, 2.05) is 0 Å². The topological polar surface area (TPSA) is 259 Å². The van der Waals surface area contributed by atoms with Gasteiger partial charge in [0.25, 0.3) is 0 Å². The van der Waals surface area contributed by atoms with Crippen LogP contribution in [0.1, 0.15) is 12.5 Å². The van der Waals surface area contributed by atoms with Gasteiger partial charge in [-0.25, -0.2) is 29.9 Å². The first-order chi connectivity index (χ1) is 19.4. The molecule has 0 spiro atoms. The van der Waals surface area contributed by atoms with Crippen LogP contribution in [0.4, 0.5) is 11.6 Å². The van der Waals surface area contributed by atoms with Gasteiger partial charge in [0.05, 0.1) is 48.6 Å². The Morgan fingerprint density at radius 1 is 0.725 bits per heavy atom. The molecule has 8 unspecified atom stereocenters. The first kappa shape index (κ1) is 28.6. The van der Waals surface area contributed by atoms with E-state index >= 15 is 0 Å². The molecular formula is C21H28N10O7S2. The van der Waals surface area contributed by atoms with E-state index in [9.17, 15) is 20.4 Å². The van der Waals surface area contributed by atoms with Gasteiger partial charge in [-0.3, -0.25) is 9.13 Å². The molecule has 0 aliphatic carbocycles. The Kier molecular flexibility index (Phi) is 8.54. The highest BCUT2D eigenvalue weighted by Gasteiger charge is 2.49. The summed E-state index contributed by atoms with van der Waals surface area (Å²) in [5.74, 6) is 0.391. The minimum atomic E-state index is -1.07. The highest BCUT2D eigenvalue weighted by Crippen LogP contribution is 2.48. The van der Waals surface area contributed by atoms with Crippen molar-refractivity contribution >= 4 is 55.6 Å². The molecule has 2 fully saturated rings. The molecule has 2 aliphatic rings. The number of hydrogen-bond donors (Lipinski definition) is 7. The minimum absolute atomic E-state index is 0.195. The zero-order chi connectivity index (χ0) is 28.6. The number of ether oxygens (including phenoxy) is 2. The van der Waals surface area contributed by atoms with E-state index in [2.05, 4.69) is 29.9 Å². The molecule has 0 amide bonds. The lowest BCUT2D eigenvalue weighted by Gasteiger charge is -2.23. The molecule has 2 saturated heterocycles. The summed E-state index contributed by atoms with van der Waals surface area (Å²) in [5, 5.41) is 48.1. The number of anilines is 2. The van der Waals surface area contributed by atoms with Crippen molar-refractivity contribution in [3.8, 4) is 0 Å². The summed E-state index contributed by atoms with van der Waals surface area (Å²) in [6.07, 6.45) is 0.0936. The summed E-state index contributed by atoms with van der Waals surface area (Å²) in [7, 11) is 3.46. The van der Waals surface area contributed by atoms with Gasteiger partial charge in [-0.1, -0.05) is 21.6 Å². The zero-order valence-corrected chi connectivity index (χ0v) is 22.6. The SMILES string of the molecule is CO.Nc1ncnc2c1ncn2C1OC(CO)C(SSC2C(CO)OC(n3cnc4c(N)ncnc43)C2O)C1O. The van der Waals surface area contributed by atoms with Crippen molar-refractivity contribution in [2.75, 3.05) is 31.8 Å². The summed E-state index contributed by atoms with van der Waals surface area (Å²) in [4.78, 5) is 24.7. The monoisotopic (exact) mass is 596 g/mol. The number of hydrogen-bond acceptors (Lipinski definition) is 17. The number of aromatic nitrogens is 8. The number of fused-ring (bicyclic) bond motifs is 2. The lowest BCUT2D eigenvalue weighted by Crippen LogP contribution is -2.33. The Hall–Kier alpha value is -2.88. The van der Waals surface area contributed by atoms with Crippen LogP contribution in [0.2, 0.25) is 0 Å². The molecule has 216 valence electrons. The summed E-state index contributed by atoms with van der Waals surface area (Å²) in [6, 6.07) is 0. The zero-order valence-electron chi connectivity index (χ0n) is 20.9. The second kappa shape index (κ2) is 11.9. The van der Waals surface area contributed by atoms with Gasteiger partial charge in [-0.15, -0.1) is 0 Å². The highest BCUT2D eigenvalue weighted by molar-refractivity contribution is 8.77. The average molecular weight is 597 g/mol. The number of nitrogens with zero attached hydrogens (tertiary/aromatic N) is 8. The molecule has 0 bridgehead atoms. The Morgan fingerprint density at radius 3 is 1.50 bits per heavy atom. The minimum Gasteiger partial charge on any atom is -0.400 e. The standard InChI is InChI=1S/C20H24N10O6S2.CH4O/c21-15-9-17(25-3-23-15)29(5-27-9)19-11(33)13(7(1-31)35-19)37-38-14-8(2-32)36-20(12(14)34)30-6-28-10-16(22)24-4-26-18(10)30;1-2/h3-8,11-14,19-20,31-34H,1-2H2,(H2,21,23,25)(H2,22,24,26);2H,1H3. The lowest BCUT2D eigenvalue weighted by molar-refractivity contribution is -0.0486. The second-order valence-corrected chi connectivity index (χ2v) is 11.4. The van der Waals surface area contributed by atoms with E-state index in [4.69, 9.17) is 26.0 Å². The fraction of sp³-hybridized carbons (Fsp3) is 0.524. The van der Waals surface area contributed by atoms with Crippen LogP contribution in [0.15, 0.2) is 25.3 Å². The Balaban J connectivity index is 0.00000158. The van der Waals surface area contributed by atoms with Crippen LogP contribution in [0, 0.1) is 0 Å². The Labute approximate surface area is 234 Å². The molecule has 0 aromatic carbocycles. The van der Waals surface area contributed by atoms with Crippen molar-refractivity contribution in [2.45, 2.75) is 47.4 Å². The lowest BCUT2D eigenvalue weighted by atomic mass is 10.2. The first-order valence-electron chi connectivity index (χ1n) is 11.9. The van der Waals surface area contributed by atoms with Crippen molar-refractivity contribution in [1.82, 2.24) is 39.0 Å². The van der Waals surface area contributed by atoms with Gasteiger partial charge in [-0.2, -0.15) is 0 Å². The van der Waals surface area contributed by atoms with Crippen LogP contribution in [0.3, 0.4) is 0 Å². The smallest absolute Gasteiger partial charge is 0.167 e. The third-order valence-corrected chi connectivity index (χ3v) is 9.97. The quantitative estimate of drug-likeness (QED) is 0.114. The van der Waals surface area contributed by atoms with E-state index in [0.717, 1.165) is 7.11 Å². The number of imidazole rings is 2. The van der Waals surface area contributed by atoms with E-state index in [0.29, 0.717) is 22.3 Å². The predicted octanol–water partition coefficient (Wildman–Crippen LogP) is -1.94. The van der Waals surface area contributed by atoms with Crippen LogP contribution in [0.5, 0.6) is 0 Å². The maximum absolute atomic E-state index is 11.2. The van der Waals surface area contributed by atoms with Crippen LogP contribution in [0.25, 0.3) is 22.3 Å². The fourth-order valence-electron chi connectivity index (χ4n) is 4.67. The number of nitrogens with two attached hydrogens (primary N) is 2. The van der Waals surface area contributed by atoms with Crippen LogP contribution < -0.4 is 11.5 Å². The van der Waals surface area contributed by atoms with Crippen LogP contribution in [-0.2, 0) is 9.47 Å². The molecule has 8 atom stereocenters. The molecule has 4 aromatic rings. The Bertz CT molecular complexity index is 1350. The van der Waals surface area contributed by atoms with Gasteiger partial charge < -0.3 is 46.5 Å². The van der Waals surface area contributed by atoms with Crippen molar-refractivity contribution in [2.24, 2.45) is 0 Å². The third kappa shape index (κ3) is 4.82. The van der Waals surface area contributed by atoms with Crippen LogP contribution in [-0.4, -0.2) is 120 Å². The number of nitrogen functional groups attached to an aromatic ring is 2. The second-order valence-electron chi connectivity index (χ2n) is 8.76. The molecular weight excluding hydrogens is 568 g/mol. The normalized spacial score (nSPS) is 30.1. The fourth-order valence-corrected chi connectivity index (χ4v) is 8.17. The molecule has 4 aromatic heterocycles. The van der Waals surface area contributed by atoms with E-state index in [1.165, 1.54) is 46.9 Å². The Morgan fingerprint density at radius 2 is 1.12 bits per heavy atom. The summed E-state index contributed by atoms with van der Waals surface area (Å²) in [5.41, 5.74) is 13.3. The predicted molar refractivity (Wildman–Crippen MR) is 144 cm³/mol. The highest BCUT2D eigenvalue weighted by atomic mass is 33.1. The number of rotatable bonds is 7. The van der Waals surface area contributed by atoms with E-state index in [1.54, 1.807) is 9.13 Å². The third-order valence-electron chi connectivity index (χ3n) is 6.58. The van der Waals surface area contributed by atoms with Gasteiger partial charge in [0.15, 0.2) is 35.4 Å². The van der Waals surface area contributed by atoms with Crippen molar-refractivity contribution in [1.29, 1.82) is 0 Å². The van der Waals surface area contributed by atoms with Gasteiger partial charge in [0.1, 0.15) is 35.9 Å². The van der Waals surface area contributed by atoms with Gasteiger partial charge >= 0.3 is 0 Å². The largest absolute Gasteiger partial charge is 0.400 e. The molecule has 6 heterocycles. The molecule has 0 radical (unpaired) electrons.